The van der Waals surface area contributed by atoms with Crippen molar-refractivity contribution in [3.8, 4) is 0 Å². The third kappa shape index (κ3) is 3.42. The number of halogens is 1. The summed E-state index contributed by atoms with van der Waals surface area (Å²) >= 11 is 4.78. The van der Waals surface area contributed by atoms with E-state index in [0.29, 0.717) is 0 Å². The third-order valence-corrected chi connectivity index (χ3v) is 2.72. The predicted octanol–water partition coefficient (Wildman–Crippen LogP) is 3.36. The van der Waals surface area contributed by atoms with Crippen molar-refractivity contribution in [3.63, 3.8) is 0 Å². The maximum atomic E-state index is 10.7. The van der Waals surface area contributed by atoms with E-state index in [2.05, 4.69) is 26.0 Å². The van der Waals surface area contributed by atoms with Crippen LogP contribution in [0.1, 0.15) is 4.88 Å². The molecule has 13 heavy (non-hydrogen) atoms. The van der Waals surface area contributed by atoms with E-state index >= 15 is 0 Å². The number of amides is 1. The molecule has 1 heterocycles. The molecule has 0 fully saturated rings. The second-order valence-corrected chi connectivity index (χ2v) is 4.50. The van der Waals surface area contributed by atoms with Crippen molar-refractivity contribution < 1.29 is 4.79 Å². The van der Waals surface area contributed by atoms with Gasteiger partial charge in [0.25, 0.3) is 0 Å². The molecule has 0 radical (unpaired) electrons. The average molecular weight is 258 g/mol. The van der Waals surface area contributed by atoms with Crippen molar-refractivity contribution in [1.82, 2.24) is 0 Å². The van der Waals surface area contributed by atoms with E-state index in [4.69, 9.17) is 5.53 Å². The van der Waals surface area contributed by atoms with Crippen LogP contribution in [0.25, 0.3) is 16.5 Å². The first-order valence-corrected chi connectivity index (χ1v) is 4.86. The lowest BCUT2D eigenvalue weighted by Crippen LogP contribution is -1.80. The van der Waals surface area contributed by atoms with Gasteiger partial charge in [0.15, 0.2) is 0 Å². The number of carbonyl (C=O) groups excluding carboxylic acids is 1. The topological polar surface area (TPSA) is 65.8 Å². The Hall–Kier alpha value is -1.10. The van der Waals surface area contributed by atoms with Gasteiger partial charge in [0, 0.05) is 9.79 Å². The molecule has 0 unspecified atom stereocenters. The molecule has 0 saturated heterocycles. The fourth-order valence-electron chi connectivity index (χ4n) is 0.649. The summed E-state index contributed by atoms with van der Waals surface area (Å²) < 4.78 is 0.989. The van der Waals surface area contributed by atoms with E-state index in [9.17, 15) is 4.79 Å². The lowest BCUT2D eigenvalue weighted by molar-refractivity contribution is -0.113. The molecule has 0 aliphatic heterocycles. The van der Waals surface area contributed by atoms with Crippen molar-refractivity contribution in [3.05, 3.63) is 37.3 Å². The minimum absolute atomic E-state index is 0.591. The second-order valence-electron chi connectivity index (χ2n) is 2.00. The van der Waals surface area contributed by atoms with Crippen molar-refractivity contribution in [1.29, 1.82) is 0 Å². The highest BCUT2D eigenvalue weighted by Gasteiger charge is 1.93. The SMILES string of the molecule is [N-]=[N+]=NC(=O)C=Cc1ccc(Br)s1. The summed E-state index contributed by atoms with van der Waals surface area (Å²) in [7, 11) is 0. The number of azide groups is 1. The Labute approximate surface area is 86.6 Å². The minimum Gasteiger partial charge on any atom is -0.288 e. The fraction of sp³-hybridized carbons (Fsp3) is 0. The summed E-state index contributed by atoms with van der Waals surface area (Å²) in [6.07, 6.45) is 2.84. The van der Waals surface area contributed by atoms with Gasteiger partial charge in [-0.15, -0.1) is 11.3 Å². The summed E-state index contributed by atoms with van der Waals surface area (Å²) in [4.78, 5) is 14.0. The highest BCUT2D eigenvalue weighted by atomic mass is 79.9. The van der Waals surface area contributed by atoms with E-state index in [1.165, 1.54) is 17.4 Å². The second kappa shape index (κ2) is 4.81. The maximum Gasteiger partial charge on any atom is 0.242 e. The van der Waals surface area contributed by atoms with Crippen molar-refractivity contribution in [2.24, 2.45) is 5.11 Å². The molecule has 1 amide bonds. The van der Waals surface area contributed by atoms with Crippen LogP contribution in [0.3, 0.4) is 0 Å². The zero-order chi connectivity index (χ0) is 9.68. The molecule has 6 heteroatoms. The van der Waals surface area contributed by atoms with E-state index < -0.39 is 5.91 Å². The van der Waals surface area contributed by atoms with Crippen LogP contribution in [0.5, 0.6) is 0 Å². The molecule has 0 aromatic carbocycles. The van der Waals surface area contributed by atoms with E-state index in [1.807, 2.05) is 12.1 Å². The molecule has 0 spiro atoms. The average Bonchev–Trinajstić information content (AvgIpc) is 2.49. The molecule has 66 valence electrons. The summed E-state index contributed by atoms with van der Waals surface area (Å²) in [5.74, 6) is -0.591. The smallest absolute Gasteiger partial charge is 0.242 e. The van der Waals surface area contributed by atoms with E-state index in [1.54, 1.807) is 6.08 Å². The Balaban J connectivity index is 2.68. The van der Waals surface area contributed by atoms with Gasteiger partial charge in [0.1, 0.15) is 0 Å². The Morgan fingerprint density at radius 3 is 3.00 bits per heavy atom. The van der Waals surface area contributed by atoms with E-state index in [-0.39, 0.29) is 0 Å². The summed E-state index contributed by atoms with van der Waals surface area (Å²) in [6.45, 7) is 0. The third-order valence-electron chi connectivity index (χ3n) is 1.13. The number of rotatable bonds is 2. The quantitative estimate of drug-likeness (QED) is 0.347. The minimum atomic E-state index is -0.591. The zero-order valence-electron chi connectivity index (χ0n) is 6.35. The molecule has 0 N–H and O–H groups in total. The Kier molecular flexibility index (Phi) is 3.70. The van der Waals surface area contributed by atoms with Crippen LogP contribution in [0.15, 0.2) is 27.1 Å². The Morgan fingerprint density at radius 2 is 2.46 bits per heavy atom. The normalized spacial score (nSPS) is 9.92. The molecule has 0 bridgehead atoms. The van der Waals surface area contributed by atoms with Crippen molar-refractivity contribution in [2.75, 3.05) is 0 Å². The van der Waals surface area contributed by atoms with Crippen LogP contribution < -0.4 is 0 Å². The van der Waals surface area contributed by atoms with Gasteiger partial charge in [0.05, 0.1) is 3.79 Å². The number of hydrogen-bond acceptors (Lipinski definition) is 2. The van der Waals surface area contributed by atoms with Crippen LogP contribution in [0, 0.1) is 0 Å². The molecule has 0 aliphatic carbocycles. The van der Waals surface area contributed by atoms with Crippen LogP contribution in [-0.2, 0) is 4.79 Å². The van der Waals surface area contributed by atoms with Gasteiger partial charge in [0.2, 0.25) is 5.91 Å². The molecule has 4 nitrogen and oxygen atoms in total. The summed E-state index contributed by atoms with van der Waals surface area (Å²) in [6, 6.07) is 3.73. The predicted molar refractivity (Wildman–Crippen MR) is 55.2 cm³/mol. The first-order chi connectivity index (χ1) is 6.22. The maximum absolute atomic E-state index is 10.7. The first kappa shape index (κ1) is 9.98. The van der Waals surface area contributed by atoms with Gasteiger partial charge >= 0.3 is 0 Å². The Morgan fingerprint density at radius 1 is 1.69 bits per heavy atom. The van der Waals surface area contributed by atoms with Crippen LogP contribution in [0.4, 0.5) is 0 Å². The number of thiophene rings is 1. The van der Waals surface area contributed by atoms with Gasteiger partial charge in [-0.2, -0.15) is 0 Å². The molecular formula is C7H4BrN3OS. The monoisotopic (exact) mass is 257 g/mol. The standard InChI is InChI=1S/C7H4BrN3OS/c8-6-3-1-5(13-6)2-4-7(12)10-11-9/h1-4H. The van der Waals surface area contributed by atoms with Gasteiger partial charge in [-0.3, -0.25) is 4.79 Å². The molecular weight excluding hydrogens is 254 g/mol. The van der Waals surface area contributed by atoms with Crippen LogP contribution in [-0.4, -0.2) is 5.91 Å². The molecule has 1 rings (SSSR count). The Bertz CT molecular complexity index is 392. The van der Waals surface area contributed by atoms with Gasteiger partial charge < -0.3 is 0 Å². The number of nitrogens with zero attached hydrogens (tertiary/aromatic N) is 3. The largest absolute Gasteiger partial charge is 0.288 e. The van der Waals surface area contributed by atoms with Gasteiger partial charge in [-0.1, -0.05) is 0 Å². The highest BCUT2D eigenvalue weighted by Crippen LogP contribution is 2.22. The number of hydrogen-bond donors (Lipinski definition) is 0. The molecule has 0 saturated carbocycles. The summed E-state index contributed by atoms with van der Waals surface area (Å²) in [5, 5.41) is 2.89. The van der Waals surface area contributed by atoms with Crippen molar-refractivity contribution >= 4 is 39.2 Å². The molecule has 0 aliphatic rings. The summed E-state index contributed by atoms with van der Waals surface area (Å²) in [5.41, 5.74) is 7.94. The van der Waals surface area contributed by atoms with E-state index in [0.717, 1.165) is 8.66 Å². The van der Waals surface area contributed by atoms with Crippen molar-refractivity contribution in [2.45, 2.75) is 0 Å². The lowest BCUT2D eigenvalue weighted by atomic mass is 10.4. The molecule has 1 aromatic rings. The highest BCUT2D eigenvalue weighted by molar-refractivity contribution is 9.11. The van der Waals surface area contributed by atoms with Crippen LogP contribution in [0.2, 0.25) is 0 Å². The fourth-order valence-corrected chi connectivity index (χ4v) is 1.98. The van der Waals surface area contributed by atoms with Gasteiger partial charge in [-0.25, -0.2) is 0 Å². The number of carbonyl (C=O) groups is 1. The zero-order valence-corrected chi connectivity index (χ0v) is 8.75. The molecule has 1 aromatic heterocycles. The molecule has 0 atom stereocenters. The lowest BCUT2D eigenvalue weighted by Gasteiger charge is -1.80. The first-order valence-electron chi connectivity index (χ1n) is 3.25. The van der Waals surface area contributed by atoms with Gasteiger partial charge in [-0.05, 0) is 50.9 Å². The van der Waals surface area contributed by atoms with Crippen LogP contribution >= 0.6 is 27.3 Å².